The summed E-state index contributed by atoms with van der Waals surface area (Å²) in [5, 5.41) is 0. The zero-order valence-corrected chi connectivity index (χ0v) is 13.7. The third-order valence-electron chi connectivity index (χ3n) is 4.14. The number of ether oxygens (including phenoxy) is 2. The topological polar surface area (TPSA) is 35.5 Å². The molecule has 0 aromatic carbocycles. The van der Waals surface area contributed by atoms with Crippen LogP contribution in [0.15, 0.2) is 12.7 Å². The van der Waals surface area contributed by atoms with E-state index in [-0.39, 0.29) is 12.7 Å². The van der Waals surface area contributed by atoms with E-state index in [2.05, 4.69) is 27.4 Å². The van der Waals surface area contributed by atoms with Crippen LogP contribution in [0.2, 0.25) is 0 Å². The molecule has 1 fully saturated rings. The minimum Gasteiger partial charge on any atom is -0.459 e. The van der Waals surface area contributed by atoms with Gasteiger partial charge in [-0.05, 0) is 51.4 Å². The Morgan fingerprint density at radius 2 is 2.15 bits per heavy atom. The van der Waals surface area contributed by atoms with Crippen LogP contribution in [-0.4, -0.2) is 24.3 Å². The van der Waals surface area contributed by atoms with Crippen molar-refractivity contribution in [1.82, 2.24) is 0 Å². The van der Waals surface area contributed by atoms with Crippen LogP contribution >= 0.6 is 0 Å². The summed E-state index contributed by atoms with van der Waals surface area (Å²) in [4.78, 5) is 11.1. The van der Waals surface area contributed by atoms with Crippen LogP contribution in [0.4, 0.5) is 0 Å². The van der Waals surface area contributed by atoms with Crippen LogP contribution in [0, 0.1) is 11.3 Å². The average Bonchev–Trinajstić information content (AvgIpc) is 2.34. The van der Waals surface area contributed by atoms with E-state index in [1.54, 1.807) is 0 Å². The predicted molar refractivity (Wildman–Crippen MR) is 81.5 cm³/mol. The SMILES string of the molecule is C=CC(=O)OCC(C)(C)OC(C)[C@@H]1CCCC(C)(C)C1. The van der Waals surface area contributed by atoms with Crippen molar-refractivity contribution in [3.05, 3.63) is 12.7 Å². The lowest BCUT2D eigenvalue weighted by atomic mass is 9.71. The van der Waals surface area contributed by atoms with Crippen molar-refractivity contribution in [1.29, 1.82) is 0 Å². The summed E-state index contributed by atoms with van der Waals surface area (Å²) in [6.07, 6.45) is 6.38. The number of carbonyl (C=O) groups is 1. The highest BCUT2D eigenvalue weighted by atomic mass is 16.6. The van der Waals surface area contributed by atoms with E-state index in [9.17, 15) is 4.79 Å². The minimum absolute atomic E-state index is 0.187. The highest BCUT2D eigenvalue weighted by Crippen LogP contribution is 2.41. The molecule has 0 saturated heterocycles. The lowest BCUT2D eigenvalue weighted by Gasteiger charge is -2.40. The zero-order valence-electron chi connectivity index (χ0n) is 13.7. The third-order valence-corrected chi connectivity index (χ3v) is 4.14. The molecular weight excluding hydrogens is 252 g/mol. The molecule has 1 saturated carbocycles. The van der Waals surface area contributed by atoms with Gasteiger partial charge in [-0.2, -0.15) is 0 Å². The highest BCUT2D eigenvalue weighted by molar-refractivity contribution is 5.81. The van der Waals surface area contributed by atoms with Crippen LogP contribution in [0.3, 0.4) is 0 Å². The molecule has 0 bridgehead atoms. The molecule has 1 aliphatic carbocycles. The summed E-state index contributed by atoms with van der Waals surface area (Å²) >= 11 is 0. The monoisotopic (exact) mass is 282 g/mol. The van der Waals surface area contributed by atoms with Crippen LogP contribution in [0.1, 0.15) is 60.3 Å². The number of esters is 1. The third kappa shape index (κ3) is 5.66. The summed E-state index contributed by atoms with van der Waals surface area (Å²) < 4.78 is 11.3. The fourth-order valence-corrected chi connectivity index (χ4v) is 3.09. The lowest BCUT2D eigenvalue weighted by molar-refractivity contribution is -0.157. The summed E-state index contributed by atoms with van der Waals surface area (Å²) in [6, 6.07) is 0. The van der Waals surface area contributed by atoms with Gasteiger partial charge < -0.3 is 9.47 Å². The summed E-state index contributed by atoms with van der Waals surface area (Å²) in [5.41, 5.74) is -0.0420. The van der Waals surface area contributed by atoms with Gasteiger partial charge in [0, 0.05) is 6.08 Å². The summed E-state index contributed by atoms with van der Waals surface area (Å²) in [6.45, 7) is 14.4. The van der Waals surface area contributed by atoms with Crippen LogP contribution in [0.5, 0.6) is 0 Å². The minimum atomic E-state index is -0.459. The first-order chi connectivity index (χ1) is 9.15. The van der Waals surface area contributed by atoms with Crippen molar-refractivity contribution < 1.29 is 14.3 Å². The van der Waals surface area contributed by atoms with E-state index in [0.717, 1.165) is 0 Å². The van der Waals surface area contributed by atoms with Crippen molar-refractivity contribution in [3.8, 4) is 0 Å². The van der Waals surface area contributed by atoms with Crippen molar-refractivity contribution >= 4 is 5.97 Å². The highest BCUT2D eigenvalue weighted by Gasteiger charge is 2.34. The molecule has 1 aliphatic rings. The van der Waals surface area contributed by atoms with Gasteiger partial charge in [-0.25, -0.2) is 4.79 Å². The molecule has 0 heterocycles. The van der Waals surface area contributed by atoms with Gasteiger partial charge in [-0.3, -0.25) is 0 Å². The normalized spacial score (nSPS) is 23.9. The van der Waals surface area contributed by atoms with Crippen molar-refractivity contribution in [2.24, 2.45) is 11.3 Å². The van der Waals surface area contributed by atoms with Gasteiger partial charge in [0.15, 0.2) is 0 Å². The molecule has 3 nitrogen and oxygen atoms in total. The molecule has 0 spiro atoms. The molecule has 0 aromatic rings. The second-order valence-electron chi connectivity index (χ2n) is 7.42. The molecule has 1 unspecified atom stereocenters. The number of hydrogen-bond acceptors (Lipinski definition) is 3. The average molecular weight is 282 g/mol. The molecule has 0 radical (unpaired) electrons. The lowest BCUT2D eigenvalue weighted by Crippen LogP contribution is -2.39. The van der Waals surface area contributed by atoms with Crippen molar-refractivity contribution in [2.45, 2.75) is 72.0 Å². The molecule has 0 aliphatic heterocycles. The molecule has 3 heteroatoms. The summed E-state index contributed by atoms with van der Waals surface area (Å²) in [7, 11) is 0. The Kier molecular flexibility index (Phi) is 5.81. The fourth-order valence-electron chi connectivity index (χ4n) is 3.09. The molecule has 116 valence electrons. The van der Waals surface area contributed by atoms with Gasteiger partial charge in [0.1, 0.15) is 6.61 Å². The molecular formula is C17H30O3. The van der Waals surface area contributed by atoms with Gasteiger partial charge in [0.25, 0.3) is 0 Å². The smallest absolute Gasteiger partial charge is 0.330 e. The molecule has 0 amide bonds. The first-order valence-corrected chi connectivity index (χ1v) is 7.62. The zero-order chi connectivity index (χ0) is 15.4. The van der Waals surface area contributed by atoms with Crippen molar-refractivity contribution in [3.63, 3.8) is 0 Å². The van der Waals surface area contributed by atoms with Gasteiger partial charge in [0.2, 0.25) is 0 Å². The molecule has 0 N–H and O–H groups in total. The van der Waals surface area contributed by atoms with E-state index in [4.69, 9.17) is 9.47 Å². The maximum atomic E-state index is 11.1. The standard InChI is InChI=1S/C17H30O3/c1-7-15(18)19-12-17(5,6)20-13(2)14-9-8-10-16(3,4)11-14/h7,13-14H,1,8-12H2,2-6H3/t13?,14-/m1/s1. The molecule has 0 aromatic heterocycles. The van der Waals surface area contributed by atoms with E-state index >= 15 is 0 Å². The number of rotatable bonds is 6. The Bertz CT molecular complexity index is 344. The largest absolute Gasteiger partial charge is 0.459 e. The first kappa shape index (κ1) is 17.2. The van der Waals surface area contributed by atoms with Crippen LogP contribution < -0.4 is 0 Å². The Hall–Kier alpha value is -0.830. The second kappa shape index (κ2) is 6.75. The molecule has 2 atom stereocenters. The van der Waals surface area contributed by atoms with Gasteiger partial charge in [-0.15, -0.1) is 0 Å². The van der Waals surface area contributed by atoms with Crippen LogP contribution in [-0.2, 0) is 14.3 Å². The maximum Gasteiger partial charge on any atom is 0.330 e. The van der Waals surface area contributed by atoms with Gasteiger partial charge >= 0.3 is 5.97 Å². The Morgan fingerprint density at radius 3 is 2.70 bits per heavy atom. The van der Waals surface area contributed by atoms with Gasteiger partial charge in [-0.1, -0.05) is 26.8 Å². The number of hydrogen-bond donors (Lipinski definition) is 0. The Labute approximate surface area is 123 Å². The molecule has 1 rings (SSSR count). The van der Waals surface area contributed by atoms with E-state index in [1.165, 1.54) is 31.8 Å². The van der Waals surface area contributed by atoms with E-state index in [0.29, 0.717) is 11.3 Å². The quantitative estimate of drug-likeness (QED) is 0.543. The van der Waals surface area contributed by atoms with Crippen molar-refractivity contribution in [2.75, 3.05) is 6.61 Å². The van der Waals surface area contributed by atoms with E-state index in [1.807, 2.05) is 13.8 Å². The second-order valence-corrected chi connectivity index (χ2v) is 7.42. The summed E-state index contributed by atoms with van der Waals surface area (Å²) in [5.74, 6) is 0.196. The first-order valence-electron chi connectivity index (χ1n) is 7.62. The van der Waals surface area contributed by atoms with E-state index < -0.39 is 11.6 Å². The molecule has 20 heavy (non-hydrogen) atoms. The maximum absolute atomic E-state index is 11.1. The number of carbonyl (C=O) groups excluding carboxylic acids is 1. The Morgan fingerprint density at radius 1 is 1.50 bits per heavy atom. The Balaban J connectivity index is 2.49. The van der Waals surface area contributed by atoms with Crippen LogP contribution in [0.25, 0.3) is 0 Å². The fraction of sp³-hybridized carbons (Fsp3) is 0.824. The predicted octanol–water partition coefficient (Wildman–Crippen LogP) is 4.12. The van der Waals surface area contributed by atoms with Gasteiger partial charge in [0.05, 0.1) is 11.7 Å².